The number of methoxy groups -OCH3 is 1. The summed E-state index contributed by atoms with van der Waals surface area (Å²) in [4.78, 5) is 0. The number of rotatable bonds is 1. The summed E-state index contributed by atoms with van der Waals surface area (Å²) in [5, 5.41) is 7.32. The fourth-order valence-electron chi connectivity index (χ4n) is 0.855. The number of nitrogens with one attached hydrogen (secondary N) is 1. The molecule has 1 aliphatic carbocycles. The lowest BCUT2D eigenvalue weighted by Crippen LogP contribution is -1.85. The molecule has 54 valence electrons. The van der Waals surface area contributed by atoms with Crippen molar-refractivity contribution in [3.8, 4) is 0 Å². The Morgan fingerprint density at radius 1 is 1.50 bits per heavy atom. The third-order valence-corrected chi connectivity index (χ3v) is 1.44. The summed E-state index contributed by atoms with van der Waals surface area (Å²) in [5.74, 6) is 0.863. The highest BCUT2D eigenvalue weighted by Gasteiger charge is 1.97. The summed E-state index contributed by atoms with van der Waals surface area (Å²) in [6, 6.07) is 0. The van der Waals surface area contributed by atoms with E-state index in [2.05, 4.69) is 0 Å². The molecule has 0 saturated carbocycles. The van der Waals surface area contributed by atoms with Crippen LogP contribution in [0.25, 0.3) is 0 Å². The zero-order valence-corrected chi connectivity index (χ0v) is 6.05. The van der Waals surface area contributed by atoms with Gasteiger partial charge in [-0.05, 0) is 31.1 Å². The van der Waals surface area contributed by atoms with Crippen molar-refractivity contribution >= 4 is 5.71 Å². The van der Waals surface area contributed by atoms with Gasteiger partial charge in [0.05, 0.1) is 7.11 Å². The standard InChI is InChI=1S/C8H11NO/c1-10-8-4-2-3-7(9)5-6-8/h4-6,9H,2-3H2,1H3. The molecule has 0 aromatic rings. The van der Waals surface area contributed by atoms with Gasteiger partial charge in [-0.2, -0.15) is 0 Å². The maximum Gasteiger partial charge on any atom is 0.114 e. The fraction of sp³-hybridized carbons (Fsp3) is 0.375. The average molecular weight is 137 g/mol. The van der Waals surface area contributed by atoms with Crippen molar-refractivity contribution < 1.29 is 4.74 Å². The first-order chi connectivity index (χ1) is 4.83. The van der Waals surface area contributed by atoms with Gasteiger partial charge in [0.2, 0.25) is 0 Å². The molecule has 0 aromatic heterocycles. The Hall–Kier alpha value is -1.05. The molecule has 10 heavy (non-hydrogen) atoms. The molecular weight excluding hydrogens is 126 g/mol. The van der Waals surface area contributed by atoms with Gasteiger partial charge in [-0.15, -0.1) is 0 Å². The lowest BCUT2D eigenvalue weighted by atomic mass is 10.2. The molecule has 0 spiro atoms. The Morgan fingerprint density at radius 3 is 3.00 bits per heavy atom. The van der Waals surface area contributed by atoms with E-state index >= 15 is 0 Å². The van der Waals surface area contributed by atoms with Crippen molar-refractivity contribution in [2.45, 2.75) is 12.8 Å². The maximum absolute atomic E-state index is 7.32. The third kappa shape index (κ3) is 1.72. The van der Waals surface area contributed by atoms with Gasteiger partial charge in [0.15, 0.2) is 0 Å². The van der Waals surface area contributed by atoms with Gasteiger partial charge in [0.25, 0.3) is 0 Å². The summed E-state index contributed by atoms with van der Waals surface area (Å²) < 4.78 is 5.00. The van der Waals surface area contributed by atoms with Crippen molar-refractivity contribution in [1.82, 2.24) is 0 Å². The van der Waals surface area contributed by atoms with E-state index in [1.54, 1.807) is 13.2 Å². The second-order valence-corrected chi connectivity index (χ2v) is 2.21. The normalized spacial score (nSPS) is 18.1. The van der Waals surface area contributed by atoms with Gasteiger partial charge in [-0.1, -0.05) is 0 Å². The predicted octanol–water partition coefficient (Wildman–Crippen LogP) is 1.89. The highest BCUT2D eigenvalue weighted by atomic mass is 16.5. The quantitative estimate of drug-likeness (QED) is 0.588. The first-order valence-corrected chi connectivity index (χ1v) is 3.32. The molecule has 0 heterocycles. The van der Waals surface area contributed by atoms with Crippen LogP contribution in [0.15, 0.2) is 24.0 Å². The Balaban J connectivity index is 2.66. The van der Waals surface area contributed by atoms with Crippen LogP contribution < -0.4 is 0 Å². The molecule has 0 saturated heterocycles. The van der Waals surface area contributed by atoms with Crippen LogP contribution in [-0.2, 0) is 4.74 Å². The molecule has 0 aliphatic heterocycles. The van der Waals surface area contributed by atoms with E-state index in [4.69, 9.17) is 10.1 Å². The predicted molar refractivity (Wildman–Crippen MR) is 41.2 cm³/mol. The molecular formula is C8H11NO. The Kier molecular flexibility index (Phi) is 2.26. The number of ether oxygens (including phenoxy) is 1. The Labute approximate surface area is 60.7 Å². The Morgan fingerprint density at radius 2 is 2.30 bits per heavy atom. The summed E-state index contributed by atoms with van der Waals surface area (Å²) >= 11 is 0. The summed E-state index contributed by atoms with van der Waals surface area (Å²) in [6.45, 7) is 0. The van der Waals surface area contributed by atoms with Gasteiger partial charge >= 0.3 is 0 Å². The van der Waals surface area contributed by atoms with Crippen molar-refractivity contribution in [1.29, 1.82) is 5.41 Å². The van der Waals surface area contributed by atoms with Crippen LogP contribution in [0.5, 0.6) is 0 Å². The van der Waals surface area contributed by atoms with Crippen LogP contribution in [-0.4, -0.2) is 12.8 Å². The molecule has 1 rings (SSSR count). The molecule has 0 bridgehead atoms. The van der Waals surface area contributed by atoms with Gasteiger partial charge < -0.3 is 10.1 Å². The SMILES string of the molecule is COC1=CCCC(=N)C=C1. The summed E-state index contributed by atoms with van der Waals surface area (Å²) in [7, 11) is 1.64. The molecule has 0 atom stereocenters. The molecule has 0 unspecified atom stereocenters. The molecule has 0 fully saturated rings. The van der Waals surface area contributed by atoms with E-state index in [0.717, 1.165) is 18.6 Å². The van der Waals surface area contributed by atoms with E-state index in [1.807, 2.05) is 12.2 Å². The number of allylic oxidation sites excluding steroid dienone is 3. The van der Waals surface area contributed by atoms with Gasteiger partial charge in [-0.3, -0.25) is 0 Å². The number of hydrogen-bond acceptors (Lipinski definition) is 2. The van der Waals surface area contributed by atoms with Crippen LogP contribution in [0.2, 0.25) is 0 Å². The zero-order valence-electron chi connectivity index (χ0n) is 6.05. The van der Waals surface area contributed by atoms with E-state index < -0.39 is 0 Å². The largest absolute Gasteiger partial charge is 0.497 e. The molecule has 2 heteroatoms. The second kappa shape index (κ2) is 3.20. The molecule has 0 radical (unpaired) electrons. The van der Waals surface area contributed by atoms with Crippen LogP contribution in [0.3, 0.4) is 0 Å². The molecule has 1 aliphatic rings. The van der Waals surface area contributed by atoms with Crippen molar-refractivity contribution in [3.05, 3.63) is 24.0 Å². The molecule has 0 aromatic carbocycles. The van der Waals surface area contributed by atoms with Crippen molar-refractivity contribution in [3.63, 3.8) is 0 Å². The maximum atomic E-state index is 7.32. The first-order valence-electron chi connectivity index (χ1n) is 3.32. The summed E-state index contributed by atoms with van der Waals surface area (Å²) in [5.41, 5.74) is 0.670. The minimum atomic E-state index is 0.670. The smallest absolute Gasteiger partial charge is 0.114 e. The zero-order chi connectivity index (χ0) is 7.40. The first kappa shape index (κ1) is 7.06. The molecule has 0 amide bonds. The van der Waals surface area contributed by atoms with E-state index in [0.29, 0.717) is 5.71 Å². The minimum Gasteiger partial charge on any atom is -0.497 e. The average Bonchev–Trinajstić information content (AvgIpc) is 2.14. The lowest BCUT2D eigenvalue weighted by Gasteiger charge is -1.95. The van der Waals surface area contributed by atoms with E-state index in [1.165, 1.54) is 0 Å². The second-order valence-electron chi connectivity index (χ2n) is 2.21. The third-order valence-electron chi connectivity index (χ3n) is 1.44. The summed E-state index contributed by atoms with van der Waals surface area (Å²) in [6.07, 6.45) is 7.34. The Bertz CT molecular complexity index is 191. The van der Waals surface area contributed by atoms with Crippen LogP contribution in [0.1, 0.15) is 12.8 Å². The lowest BCUT2D eigenvalue weighted by molar-refractivity contribution is 0.305. The van der Waals surface area contributed by atoms with Crippen molar-refractivity contribution in [2.24, 2.45) is 0 Å². The highest BCUT2D eigenvalue weighted by Crippen LogP contribution is 2.07. The van der Waals surface area contributed by atoms with Gasteiger partial charge in [-0.25, -0.2) is 0 Å². The molecule has 1 N–H and O–H groups in total. The number of hydrogen-bond donors (Lipinski definition) is 1. The van der Waals surface area contributed by atoms with Crippen LogP contribution in [0, 0.1) is 5.41 Å². The van der Waals surface area contributed by atoms with Crippen LogP contribution >= 0.6 is 0 Å². The van der Waals surface area contributed by atoms with Gasteiger partial charge in [0.1, 0.15) is 5.76 Å². The minimum absolute atomic E-state index is 0.670. The van der Waals surface area contributed by atoms with Crippen molar-refractivity contribution in [2.75, 3.05) is 7.11 Å². The fourth-order valence-corrected chi connectivity index (χ4v) is 0.855. The van der Waals surface area contributed by atoms with E-state index in [-0.39, 0.29) is 0 Å². The molecule has 2 nitrogen and oxygen atoms in total. The van der Waals surface area contributed by atoms with Gasteiger partial charge in [0, 0.05) is 5.71 Å². The van der Waals surface area contributed by atoms with Crippen LogP contribution in [0.4, 0.5) is 0 Å². The monoisotopic (exact) mass is 137 g/mol. The highest BCUT2D eigenvalue weighted by molar-refractivity contribution is 5.92. The van der Waals surface area contributed by atoms with E-state index in [9.17, 15) is 0 Å². The topological polar surface area (TPSA) is 33.1 Å².